The summed E-state index contributed by atoms with van der Waals surface area (Å²) in [6.45, 7) is 0. The average molecular weight is 186 g/mol. The van der Waals surface area contributed by atoms with Crippen molar-refractivity contribution in [3.05, 3.63) is 0 Å². The summed E-state index contributed by atoms with van der Waals surface area (Å²) in [4.78, 5) is 0. The molecule has 5 heteroatoms. The summed E-state index contributed by atoms with van der Waals surface area (Å²) in [6.07, 6.45) is 0. The second-order valence-corrected chi connectivity index (χ2v) is 0.981. The van der Waals surface area contributed by atoms with Gasteiger partial charge in [-0.3, -0.25) is 0 Å². The van der Waals surface area contributed by atoms with E-state index in [2.05, 4.69) is 0 Å². The van der Waals surface area contributed by atoms with Gasteiger partial charge in [-0.25, -0.2) is 0 Å². The van der Waals surface area contributed by atoms with Crippen molar-refractivity contribution < 1.29 is 86.4 Å². The van der Waals surface area contributed by atoms with Crippen molar-refractivity contribution in [2.75, 3.05) is 0 Å². The van der Waals surface area contributed by atoms with Gasteiger partial charge >= 0.3 is 85.0 Å². The fourth-order valence-corrected chi connectivity index (χ4v) is 0. The van der Waals surface area contributed by atoms with Gasteiger partial charge < -0.3 is 1.43 Å². The number of hydrogen-bond donors (Lipinski definition) is 1. The van der Waals surface area contributed by atoms with Crippen LogP contribution in [-0.4, -0.2) is 4.03 Å². The third-order valence-corrected chi connectivity index (χ3v) is 0. The normalized spacial score (nSPS) is 5.00. The van der Waals surface area contributed by atoms with E-state index in [0.717, 1.165) is 0 Å². The molecular formula is H2O3RbV. The zero-order valence-electron chi connectivity index (χ0n) is 3.71. The molecule has 0 saturated heterocycles. The van der Waals surface area contributed by atoms with Gasteiger partial charge in [0.2, 0.25) is 0 Å². The van der Waals surface area contributed by atoms with E-state index in [1.54, 1.807) is 0 Å². The van der Waals surface area contributed by atoms with Crippen molar-refractivity contribution in [3.8, 4) is 0 Å². The molecule has 0 spiro atoms. The van der Waals surface area contributed by atoms with Crippen molar-refractivity contribution in [2.24, 2.45) is 0 Å². The van der Waals surface area contributed by atoms with Crippen LogP contribution in [0.25, 0.3) is 0 Å². The predicted octanol–water partition coefficient (Wildman–Crippen LogP) is -3.68. The van der Waals surface area contributed by atoms with E-state index in [1.165, 1.54) is 0 Å². The Hall–Kier alpha value is 1.95. The van der Waals surface area contributed by atoms with E-state index in [-0.39, 0.29) is 59.6 Å². The Bertz CT molecular complexity index is 59.2. The minimum Gasteiger partial charge on any atom is 1.00 e. The molecule has 5 heavy (non-hydrogen) atoms. The van der Waals surface area contributed by atoms with E-state index in [0.29, 0.717) is 0 Å². The molecule has 0 atom stereocenters. The molecule has 0 aliphatic heterocycles. The molecule has 1 N–H and O–H groups in total. The first-order chi connectivity index (χ1) is 1.73. The van der Waals surface area contributed by atoms with Gasteiger partial charge in [0.05, 0.1) is 0 Å². The summed E-state index contributed by atoms with van der Waals surface area (Å²) < 4.78 is 24.4. The van der Waals surface area contributed by atoms with Crippen LogP contribution in [-0.2, 0) is 22.7 Å². The van der Waals surface area contributed by atoms with Crippen LogP contribution in [0.3, 0.4) is 0 Å². The van der Waals surface area contributed by atoms with Crippen LogP contribution >= 0.6 is 0 Å². The SMILES string of the molecule is [H-].[O]=[V](=[O])[OH].[Rb+]. The Kier molecular flexibility index (Phi) is 11.9. The van der Waals surface area contributed by atoms with Gasteiger partial charge in [-0.2, -0.15) is 0 Å². The van der Waals surface area contributed by atoms with Crippen LogP contribution in [0, 0.1) is 0 Å². The molecule has 0 rings (SSSR count). The van der Waals surface area contributed by atoms with Crippen molar-refractivity contribution in [3.63, 3.8) is 0 Å². The fourth-order valence-electron chi connectivity index (χ4n) is 0. The Labute approximate surface area is 84.4 Å². The van der Waals surface area contributed by atoms with E-state index in [1.807, 2.05) is 0 Å². The molecule has 0 bridgehead atoms. The monoisotopic (exact) mass is 186 g/mol. The molecule has 0 unspecified atom stereocenters. The Morgan fingerprint density at radius 2 is 1.60 bits per heavy atom. The van der Waals surface area contributed by atoms with Gasteiger partial charge in [-0.1, -0.05) is 0 Å². The summed E-state index contributed by atoms with van der Waals surface area (Å²) in [5, 5.41) is 0. The van der Waals surface area contributed by atoms with E-state index in [9.17, 15) is 0 Å². The van der Waals surface area contributed by atoms with Gasteiger partial charge in [0, 0.05) is 0 Å². The van der Waals surface area contributed by atoms with Crippen molar-refractivity contribution in [1.82, 2.24) is 0 Å². The van der Waals surface area contributed by atoms with Gasteiger partial charge in [0.15, 0.2) is 0 Å². The molecule has 0 aliphatic carbocycles. The molecule has 0 fully saturated rings. The summed E-state index contributed by atoms with van der Waals surface area (Å²) in [5.41, 5.74) is 0. The summed E-state index contributed by atoms with van der Waals surface area (Å²) in [7, 11) is 0. The van der Waals surface area contributed by atoms with Crippen LogP contribution in [0.5, 0.6) is 0 Å². The molecular weight excluding hydrogens is 184 g/mol. The van der Waals surface area contributed by atoms with Gasteiger partial charge in [-0.05, 0) is 0 Å². The standard InChI is InChI=1S/H2O.2O.Rb.V.H/h1H2;;;;;/q;;;2*+1;-1/p-1. The maximum Gasteiger partial charge on any atom is 1.00 e. The van der Waals surface area contributed by atoms with Gasteiger partial charge in [-0.15, -0.1) is 0 Å². The largest absolute Gasteiger partial charge is 1.00 e. The van der Waals surface area contributed by atoms with Crippen LogP contribution < -0.4 is 58.2 Å². The van der Waals surface area contributed by atoms with E-state index >= 15 is 0 Å². The minimum atomic E-state index is -3.69. The van der Waals surface area contributed by atoms with E-state index in [4.69, 9.17) is 11.4 Å². The molecule has 3 nitrogen and oxygen atoms in total. The second-order valence-electron chi connectivity index (χ2n) is 0.238. The van der Waals surface area contributed by atoms with Crippen LogP contribution in [0.4, 0.5) is 0 Å². The van der Waals surface area contributed by atoms with Crippen LogP contribution in [0.2, 0.25) is 0 Å². The molecule has 0 heterocycles. The van der Waals surface area contributed by atoms with E-state index < -0.39 is 15.4 Å². The molecule has 0 radical (unpaired) electrons. The van der Waals surface area contributed by atoms with Gasteiger partial charge in [0.25, 0.3) is 0 Å². The fraction of sp³-hybridized carbons (Fsp3) is 0. The topological polar surface area (TPSA) is 54.4 Å². The Balaban J connectivity index is -0.0000000450. The summed E-state index contributed by atoms with van der Waals surface area (Å²) >= 11 is -3.69. The zero-order chi connectivity index (χ0) is 3.58. The molecule has 0 aliphatic rings. The predicted molar refractivity (Wildman–Crippen MR) is 4.70 cm³/mol. The molecule has 0 aromatic rings. The first kappa shape index (κ1) is 10.0. The van der Waals surface area contributed by atoms with Crippen LogP contribution in [0.1, 0.15) is 1.43 Å². The molecule has 0 amide bonds. The summed E-state index contributed by atoms with van der Waals surface area (Å²) in [5.74, 6) is 0. The third kappa shape index (κ3) is 24.4. The second kappa shape index (κ2) is 5.95. The molecule has 0 aromatic heterocycles. The summed E-state index contributed by atoms with van der Waals surface area (Å²) in [6, 6.07) is 0. The zero-order valence-corrected chi connectivity index (χ0v) is 9.02. The van der Waals surface area contributed by atoms with Crippen LogP contribution in [0.15, 0.2) is 0 Å². The smallest absolute Gasteiger partial charge is 1.00 e. The molecule has 0 saturated carbocycles. The molecule has 0 aromatic carbocycles. The first-order valence-corrected chi connectivity index (χ1v) is 2.33. The first-order valence-electron chi connectivity index (χ1n) is 0.565. The third-order valence-electron chi connectivity index (χ3n) is 0. The maximum atomic E-state index is 8.67. The molecule has 26 valence electrons. The van der Waals surface area contributed by atoms with Gasteiger partial charge in [0.1, 0.15) is 0 Å². The number of rotatable bonds is 0. The Morgan fingerprint density at radius 1 is 1.60 bits per heavy atom. The van der Waals surface area contributed by atoms with Crippen molar-refractivity contribution in [1.29, 1.82) is 0 Å². The van der Waals surface area contributed by atoms with Crippen molar-refractivity contribution >= 4 is 0 Å². The maximum absolute atomic E-state index is 8.67. The average Bonchev–Trinajstić information content (AvgIpc) is 0.811. The minimum absolute atomic E-state index is 0. The Morgan fingerprint density at radius 3 is 1.60 bits per heavy atom. The number of hydrogen-bond acceptors (Lipinski definition) is 2. The quantitative estimate of drug-likeness (QED) is 0.424. The van der Waals surface area contributed by atoms with Crippen molar-refractivity contribution in [2.45, 2.75) is 0 Å².